The van der Waals surface area contributed by atoms with Gasteiger partial charge < -0.3 is 10.5 Å². The van der Waals surface area contributed by atoms with Crippen LogP contribution in [0.5, 0.6) is 0 Å². The third-order valence-corrected chi connectivity index (χ3v) is 3.17. The van der Waals surface area contributed by atoms with E-state index in [2.05, 4.69) is 9.97 Å². The van der Waals surface area contributed by atoms with Gasteiger partial charge >= 0.3 is 0 Å². The highest BCUT2D eigenvalue weighted by Crippen LogP contribution is 2.21. The highest BCUT2D eigenvalue weighted by atomic mass is 16.5. The van der Waals surface area contributed by atoms with Crippen LogP contribution in [0.2, 0.25) is 0 Å². The van der Waals surface area contributed by atoms with Gasteiger partial charge in [0.1, 0.15) is 11.6 Å². The maximum atomic E-state index is 5.95. The molecule has 1 fully saturated rings. The summed E-state index contributed by atoms with van der Waals surface area (Å²) >= 11 is 0. The molecular formula is C13H15N3O. The van der Waals surface area contributed by atoms with Crippen LogP contribution in [0, 0.1) is 5.92 Å². The number of hydrogen-bond donors (Lipinski definition) is 1. The molecule has 1 unspecified atom stereocenters. The summed E-state index contributed by atoms with van der Waals surface area (Å²) in [6.45, 7) is 1.67. The second-order valence-corrected chi connectivity index (χ2v) is 4.48. The summed E-state index contributed by atoms with van der Waals surface area (Å²) in [5, 5.41) is 0.930. The summed E-state index contributed by atoms with van der Waals surface area (Å²) in [6, 6.07) is 7.85. The average molecular weight is 229 g/mol. The Bertz CT molecular complexity index is 535. The van der Waals surface area contributed by atoms with E-state index in [0.717, 1.165) is 42.8 Å². The van der Waals surface area contributed by atoms with E-state index in [-0.39, 0.29) is 0 Å². The summed E-state index contributed by atoms with van der Waals surface area (Å²) in [7, 11) is 0. The molecular weight excluding hydrogens is 214 g/mol. The van der Waals surface area contributed by atoms with E-state index in [9.17, 15) is 0 Å². The molecule has 17 heavy (non-hydrogen) atoms. The first kappa shape index (κ1) is 10.5. The molecule has 0 amide bonds. The van der Waals surface area contributed by atoms with Crippen molar-refractivity contribution in [2.75, 3.05) is 18.9 Å². The Hall–Kier alpha value is -1.68. The van der Waals surface area contributed by atoms with Crippen LogP contribution >= 0.6 is 0 Å². The molecule has 1 atom stereocenters. The van der Waals surface area contributed by atoms with Crippen LogP contribution in [0.1, 0.15) is 12.2 Å². The lowest BCUT2D eigenvalue weighted by Gasteiger charge is -2.08. The fraction of sp³-hybridized carbons (Fsp3) is 0.385. The summed E-state index contributed by atoms with van der Waals surface area (Å²) in [5.74, 6) is 1.94. The van der Waals surface area contributed by atoms with E-state index in [4.69, 9.17) is 10.5 Å². The number of nitrogen functional groups attached to an aromatic ring is 1. The van der Waals surface area contributed by atoms with Crippen LogP contribution in [-0.2, 0) is 11.2 Å². The molecule has 88 valence electrons. The second kappa shape index (κ2) is 4.30. The number of nitrogens with zero attached hydrogens (tertiary/aromatic N) is 2. The van der Waals surface area contributed by atoms with E-state index in [1.807, 2.05) is 24.3 Å². The lowest BCUT2D eigenvalue weighted by atomic mass is 10.0. The van der Waals surface area contributed by atoms with Gasteiger partial charge in [-0.2, -0.15) is 0 Å². The maximum Gasteiger partial charge on any atom is 0.135 e. The molecule has 0 saturated carbocycles. The Morgan fingerprint density at radius 1 is 1.29 bits per heavy atom. The molecule has 1 saturated heterocycles. The fourth-order valence-electron chi connectivity index (χ4n) is 2.24. The zero-order valence-corrected chi connectivity index (χ0v) is 9.60. The van der Waals surface area contributed by atoms with Crippen LogP contribution in [0.4, 0.5) is 5.82 Å². The summed E-state index contributed by atoms with van der Waals surface area (Å²) in [4.78, 5) is 8.93. The first-order valence-electron chi connectivity index (χ1n) is 5.92. The smallest absolute Gasteiger partial charge is 0.135 e. The molecule has 1 aliphatic rings. The number of aromatic nitrogens is 2. The number of benzene rings is 1. The minimum atomic E-state index is 0.538. The van der Waals surface area contributed by atoms with Gasteiger partial charge in [-0.15, -0.1) is 0 Å². The average Bonchev–Trinajstić information content (AvgIpc) is 2.82. The van der Waals surface area contributed by atoms with Gasteiger partial charge in [-0.25, -0.2) is 9.97 Å². The van der Waals surface area contributed by atoms with Crippen LogP contribution in [0.15, 0.2) is 24.3 Å². The molecule has 0 bridgehead atoms. The molecule has 0 spiro atoms. The highest BCUT2D eigenvalue weighted by Gasteiger charge is 2.18. The number of ether oxygens (including phenoxy) is 1. The Morgan fingerprint density at radius 3 is 3.00 bits per heavy atom. The number of fused-ring (bicyclic) bond motifs is 1. The third kappa shape index (κ3) is 2.08. The van der Waals surface area contributed by atoms with E-state index < -0.39 is 0 Å². The first-order valence-corrected chi connectivity index (χ1v) is 5.92. The van der Waals surface area contributed by atoms with Crippen molar-refractivity contribution in [2.24, 2.45) is 5.92 Å². The standard InChI is InChI=1S/C13H15N3O/c14-13-10-3-1-2-4-11(10)15-12(16-13)7-9-5-6-17-8-9/h1-4,9H,5-8H2,(H2,14,15,16). The Labute approximate surface area is 99.8 Å². The van der Waals surface area contributed by atoms with Crippen LogP contribution in [0.25, 0.3) is 10.9 Å². The SMILES string of the molecule is Nc1nc(CC2CCOC2)nc2ccccc12. The van der Waals surface area contributed by atoms with Crippen molar-refractivity contribution >= 4 is 16.7 Å². The maximum absolute atomic E-state index is 5.95. The molecule has 1 aromatic carbocycles. The molecule has 2 aromatic rings. The van der Waals surface area contributed by atoms with Crippen molar-refractivity contribution in [3.05, 3.63) is 30.1 Å². The molecule has 0 aliphatic carbocycles. The molecule has 2 heterocycles. The number of rotatable bonds is 2. The number of anilines is 1. The van der Waals surface area contributed by atoms with Crippen LogP contribution < -0.4 is 5.73 Å². The summed E-state index contributed by atoms with van der Waals surface area (Å²) < 4.78 is 5.36. The van der Waals surface area contributed by atoms with Crippen molar-refractivity contribution in [1.29, 1.82) is 0 Å². The van der Waals surface area contributed by atoms with E-state index >= 15 is 0 Å². The quantitative estimate of drug-likeness (QED) is 0.852. The van der Waals surface area contributed by atoms with Gasteiger partial charge in [-0.05, 0) is 24.5 Å². The lowest BCUT2D eigenvalue weighted by Crippen LogP contribution is -2.08. The van der Waals surface area contributed by atoms with Crippen molar-refractivity contribution < 1.29 is 4.74 Å². The van der Waals surface area contributed by atoms with E-state index in [1.54, 1.807) is 0 Å². The van der Waals surface area contributed by atoms with Gasteiger partial charge in [0.15, 0.2) is 0 Å². The summed E-state index contributed by atoms with van der Waals surface area (Å²) in [5.41, 5.74) is 6.87. The van der Waals surface area contributed by atoms with Gasteiger partial charge in [0.2, 0.25) is 0 Å². The van der Waals surface area contributed by atoms with Crippen molar-refractivity contribution in [1.82, 2.24) is 9.97 Å². The predicted molar refractivity (Wildman–Crippen MR) is 66.6 cm³/mol. The lowest BCUT2D eigenvalue weighted by molar-refractivity contribution is 0.185. The van der Waals surface area contributed by atoms with Crippen LogP contribution in [-0.4, -0.2) is 23.2 Å². The molecule has 1 aliphatic heterocycles. The normalized spacial score (nSPS) is 19.9. The molecule has 0 radical (unpaired) electrons. The first-order chi connectivity index (χ1) is 8.33. The molecule has 4 heteroatoms. The minimum absolute atomic E-state index is 0.538. The third-order valence-electron chi connectivity index (χ3n) is 3.17. The van der Waals surface area contributed by atoms with Gasteiger partial charge in [0, 0.05) is 25.0 Å². The van der Waals surface area contributed by atoms with Gasteiger partial charge in [-0.1, -0.05) is 12.1 Å². The van der Waals surface area contributed by atoms with Gasteiger partial charge in [-0.3, -0.25) is 0 Å². The largest absolute Gasteiger partial charge is 0.383 e. The van der Waals surface area contributed by atoms with Gasteiger partial charge in [0.25, 0.3) is 0 Å². The second-order valence-electron chi connectivity index (χ2n) is 4.48. The van der Waals surface area contributed by atoms with E-state index in [1.165, 1.54) is 0 Å². The topological polar surface area (TPSA) is 61.0 Å². The fourth-order valence-corrected chi connectivity index (χ4v) is 2.24. The highest BCUT2D eigenvalue weighted by molar-refractivity contribution is 5.87. The molecule has 3 rings (SSSR count). The molecule has 1 aromatic heterocycles. The van der Waals surface area contributed by atoms with Gasteiger partial charge in [0.05, 0.1) is 5.52 Å². The van der Waals surface area contributed by atoms with Crippen molar-refractivity contribution in [2.45, 2.75) is 12.8 Å². The zero-order chi connectivity index (χ0) is 11.7. The Morgan fingerprint density at radius 2 is 2.18 bits per heavy atom. The minimum Gasteiger partial charge on any atom is -0.383 e. The van der Waals surface area contributed by atoms with Crippen molar-refractivity contribution in [3.63, 3.8) is 0 Å². The number of hydrogen-bond acceptors (Lipinski definition) is 4. The number of para-hydroxylation sites is 1. The zero-order valence-electron chi connectivity index (χ0n) is 9.60. The summed E-state index contributed by atoms with van der Waals surface area (Å²) in [6.07, 6.45) is 1.95. The van der Waals surface area contributed by atoms with Crippen LogP contribution in [0.3, 0.4) is 0 Å². The number of nitrogens with two attached hydrogens (primary N) is 1. The molecule has 4 nitrogen and oxygen atoms in total. The monoisotopic (exact) mass is 229 g/mol. The van der Waals surface area contributed by atoms with E-state index in [0.29, 0.717) is 11.7 Å². The molecule has 2 N–H and O–H groups in total. The van der Waals surface area contributed by atoms with Crippen molar-refractivity contribution in [3.8, 4) is 0 Å². The Kier molecular flexibility index (Phi) is 2.65. The Balaban J connectivity index is 1.94. The predicted octanol–water partition coefficient (Wildman–Crippen LogP) is 1.79.